The van der Waals surface area contributed by atoms with Crippen molar-refractivity contribution in [2.24, 2.45) is 5.73 Å². The minimum absolute atomic E-state index is 0.103. The summed E-state index contributed by atoms with van der Waals surface area (Å²) in [5.41, 5.74) is 6.89. The number of piperidine rings is 1. The lowest BCUT2D eigenvalue weighted by atomic mass is 9.99. The Morgan fingerprint density at radius 3 is 2.75 bits per heavy atom. The molecule has 1 heterocycles. The van der Waals surface area contributed by atoms with Gasteiger partial charge in [0.25, 0.3) is 0 Å². The van der Waals surface area contributed by atoms with Crippen molar-refractivity contribution in [3.05, 3.63) is 35.9 Å². The molecule has 1 aromatic rings. The van der Waals surface area contributed by atoms with E-state index in [4.69, 9.17) is 5.73 Å². The summed E-state index contributed by atoms with van der Waals surface area (Å²) in [7, 11) is 0. The first-order valence-electron chi connectivity index (χ1n) is 5.93. The molecule has 1 aromatic carbocycles. The van der Waals surface area contributed by atoms with Crippen LogP contribution in [0.1, 0.15) is 18.4 Å². The Hall–Kier alpha value is -0.930. The Balaban J connectivity index is 2.02. The lowest BCUT2D eigenvalue weighted by molar-refractivity contribution is 0.0644. The summed E-state index contributed by atoms with van der Waals surface area (Å²) in [6, 6.07) is 10.1. The van der Waals surface area contributed by atoms with Crippen molar-refractivity contribution in [2.45, 2.75) is 31.6 Å². The number of hydrogen-bond acceptors (Lipinski definition) is 2. The second-order valence-corrected chi connectivity index (χ2v) is 4.42. The molecule has 0 unspecified atom stereocenters. The van der Waals surface area contributed by atoms with Crippen LogP contribution in [0.15, 0.2) is 30.3 Å². The zero-order chi connectivity index (χ0) is 11.4. The maximum Gasteiger partial charge on any atom is 0.117 e. The number of halogens is 1. The van der Waals surface area contributed by atoms with Crippen LogP contribution in [0.25, 0.3) is 0 Å². The normalized spacial score (nSPS) is 26.9. The van der Waals surface area contributed by atoms with E-state index in [1.165, 1.54) is 5.56 Å². The second kappa shape index (κ2) is 5.41. The van der Waals surface area contributed by atoms with E-state index in [0.717, 1.165) is 19.5 Å². The molecule has 1 aliphatic heterocycles. The molecule has 2 rings (SSSR count). The van der Waals surface area contributed by atoms with Gasteiger partial charge in [-0.05, 0) is 24.9 Å². The van der Waals surface area contributed by atoms with Crippen LogP contribution < -0.4 is 5.73 Å². The van der Waals surface area contributed by atoms with E-state index in [1.54, 1.807) is 0 Å². The fourth-order valence-electron chi connectivity index (χ4n) is 2.39. The molecule has 0 amide bonds. The molecular formula is C13H19FN2. The first-order valence-corrected chi connectivity index (χ1v) is 5.93. The first kappa shape index (κ1) is 11.6. The van der Waals surface area contributed by atoms with Crippen LogP contribution in [0, 0.1) is 0 Å². The summed E-state index contributed by atoms with van der Waals surface area (Å²) in [6.45, 7) is 2.17. The molecule has 0 spiro atoms. The highest BCUT2D eigenvalue weighted by atomic mass is 19.1. The molecule has 0 aliphatic carbocycles. The van der Waals surface area contributed by atoms with Crippen LogP contribution in [0.4, 0.5) is 4.39 Å². The van der Waals surface area contributed by atoms with E-state index in [1.807, 2.05) is 18.2 Å². The highest BCUT2D eigenvalue weighted by Crippen LogP contribution is 2.21. The zero-order valence-corrected chi connectivity index (χ0v) is 9.48. The largest absolute Gasteiger partial charge is 0.329 e. The molecule has 0 saturated carbocycles. The summed E-state index contributed by atoms with van der Waals surface area (Å²) in [4.78, 5) is 2.17. The smallest absolute Gasteiger partial charge is 0.117 e. The molecule has 16 heavy (non-hydrogen) atoms. The van der Waals surface area contributed by atoms with Crippen LogP contribution in [0.5, 0.6) is 0 Å². The van der Waals surface area contributed by atoms with Gasteiger partial charge in [0.1, 0.15) is 6.17 Å². The lowest BCUT2D eigenvalue weighted by Gasteiger charge is -2.37. The van der Waals surface area contributed by atoms with Gasteiger partial charge in [-0.2, -0.15) is 0 Å². The van der Waals surface area contributed by atoms with E-state index in [-0.39, 0.29) is 6.04 Å². The molecular weight excluding hydrogens is 203 g/mol. The van der Waals surface area contributed by atoms with Gasteiger partial charge >= 0.3 is 0 Å². The van der Waals surface area contributed by atoms with Crippen LogP contribution in [-0.2, 0) is 6.54 Å². The molecule has 3 heteroatoms. The Labute approximate surface area is 96.2 Å². The average molecular weight is 222 g/mol. The predicted octanol–water partition coefficient (Wildman–Crippen LogP) is 1.95. The van der Waals surface area contributed by atoms with Gasteiger partial charge < -0.3 is 5.73 Å². The zero-order valence-electron chi connectivity index (χ0n) is 9.48. The summed E-state index contributed by atoms with van der Waals surface area (Å²) in [5.74, 6) is 0. The Kier molecular flexibility index (Phi) is 3.91. The van der Waals surface area contributed by atoms with Crippen molar-refractivity contribution in [1.82, 2.24) is 4.90 Å². The highest BCUT2D eigenvalue weighted by Gasteiger charge is 2.29. The topological polar surface area (TPSA) is 29.3 Å². The van der Waals surface area contributed by atoms with Gasteiger partial charge in [0.05, 0.1) is 6.04 Å². The summed E-state index contributed by atoms with van der Waals surface area (Å²) in [5, 5.41) is 0. The standard InChI is InChI=1S/C13H19FN2/c14-12-7-4-8-16(13(12)9-15)10-11-5-2-1-3-6-11/h1-3,5-6,12-13H,4,7-10,15H2/t12-,13+/m0/s1. The Morgan fingerprint density at radius 2 is 2.06 bits per heavy atom. The van der Waals surface area contributed by atoms with Gasteiger partial charge in [-0.3, -0.25) is 4.90 Å². The predicted molar refractivity (Wildman–Crippen MR) is 63.8 cm³/mol. The van der Waals surface area contributed by atoms with E-state index < -0.39 is 6.17 Å². The molecule has 1 aliphatic rings. The number of nitrogens with two attached hydrogens (primary N) is 1. The fraction of sp³-hybridized carbons (Fsp3) is 0.538. The van der Waals surface area contributed by atoms with Crippen molar-refractivity contribution in [3.8, 4) is 0 Å². The summed E-state index contributed by atoms with van der Waals surface area (Å²) in [6.07, 6.45) is 0.833. The van der Waals surface area contributed by atoms with Crippen molar-refractivity contribution in [2.75, 3.05) is 13.1 Å². The molecule has 88 valence electrons. The molecule has 2 atom stereocenters. The van der Waals surface area contributed by atoms with Gasteiger partial charge in [-0.1, -0.05) is 30.3 Å². The average Bonchev–Trinajstić information content (AvgIpc) is 2.31. The van der Waals surface area contributed by atoms with Gasteiger partial charge in [0.15, 0.2) is 0 Å². The quantitative estimate of drug-likeness (QED) is 0.847. The second-order valence-electron chi connectivity index (χ2n) is 4.42. The van der Waals surface area contributed by atoms with Crippen molar-refractivity contribution in [1.29, 1.82) is 0 Å². The number of nitrogens with zero attached hydrogens (tertiary/aromatic N) is 1. The summed E-state index contributed by atoms with van der Waals surface area (Å²) < 4.78 is 13.7. The first-order chi connectivity index (χ1) is 7.81. The van der Waals surface area contributed by atoms with Crippen LogP contribution in [0.2, 0.25) is 0 Å². The number of hydrogen-bond donors (Lipinski definition) is 1. The molecule has 1 saturated heterocycles. The number of alkyl halides is 1. The molecule has 0 bridgehead atoms. The van der Waals surface area contributed by atoms with Gasteiger partial charge in [-0.25, -0.2) is 4.39 Å². The number of rotatable bonds is 3. The van der Waals surface area contributed by atoms with Gasteiger partial charge in [0, 0.05) is 13.1 Å². The molecule has 1 fully saturated rings. The van der Waals surface area contributed by atoms with Crippen LogP contribution in [0.3, 0.4) is 0 Å². The Bertz CT molecular complexity index is 315. The maximum absolute atomic E-state index is 13.7. The number of benzene rings is 1. The maximum atomic E-state index is 13.7. The molecule has 2 N–H and O–H groups in total. The van der Waals surface area contributed by atoms with E-state index in [2.05, 4.69) is 17.0 Å². The summed E-state index contributed by atoms with van der Waals surface area (Å²) >= 11 is 0. The minimum atomic E-state index is -0.762. The minimum Gasteiger partial charge on any atom is -0.329 e. The Morgan fingerprint density at radius 1 is 1.31 bits per heavy atom. The number of likely N-dealkylation sites (tertiary alicyclic amines) is 1. The van der Waals surface area contributed by atoms with E-state index in [0.29, 0.717) is 13.0 Å². The van der Waals surface area contributed by atoms with Gasteiger partial charge in [-0.15, -0.1) is 0 Å². The van der Waals surface area contributed by atoms with E-state index in [9.17, 15) is 4.39 Å². The molecule has 2 nitrogen and oxygen atoms in total. The monoisotopic (exact) mass is 222 g/mol. The van der Waals surface area contributed by atoms with Crippen molar-refractivity contribution in [3.63, 3.8) is 0 Å². The van der Waals surface area contributed by atoms with E-state index >= 15 is 0 Å². The van der Waals surface area contributed by atoms with Crippen LogP contribution in [-0.4, -0.2) is 30.2 Å². The third kappa shape index (κ3) is 2.60. The van der Waals surface area contributed by atoms with Crippen molar-refractivity contribution >= 4 is 0 Å². The van der Waals surface area contributed by atoms with Gasteiger partial charge in [0.2, 0.25) is 0 Å². The van der Waals surface area contributed by atoms with Crippen LogP contribution >= 0.6 is 0 Å². The molecule has 0 radical (unpaired) electrons. The third-order valence-corrected chi connectivity index (χ3v) is 3.28. The highest BCUT2D eigenvalue weighted by molar-refractivity contribution is 5.14. The third-order valence-electron chi connectivity index (χ3n) is 3.28. The molecule has 0 aromatic heterocycles. The fourth-order valence-corrected chi connectivity index (χ4v) is 2.39. The van der Waals surface area contributed by atoms with Crippen molar-refractivity contribution < 1.29 is 4.39 Å². The SMILES string of the molecule is NC[C@@H]1[C@@H](F)CCCN1Cc1ccccc1. The lowest BCUT2D eigenvalue weighted by Crippen LogP contribution is -2.50.